The fraction of sp³-hybridized carbons (Fsp3) is 0.0690. The second kappa shape index (κ2) is 11.9. The number of anilines is 2. The highest BCUT2D eigenvalue weighted by molar-refractivity contribution is 7.99. The molecule has 5 rings (SSSR count). The van der Waals surface area contributed by atoms with Gasteiger partial charge in [-0.05, 0) is 54.1 Å². The number of para-hydroxylation sites is 1. The second-order valence-electron chi connectivity index (χ2n) is 8.39. The van der Waals surface area contributed by atoms with Crippen LogP contribution in [0.1, 0.15) is 21.5 Å². The zero-order valence-corrected chi connectivity index (χ0v) is 24.8. The van der Waals surface area contributed by atoms with Crippen molar-refractivity contribution < 1.29 is 14.3 Å². The third-order valence-corrected chi connectivity index (χ3v) is 9.31. The lowest BCUT2D eigenvalue weighted by Crippen LogP contribution is -2.02. The van der Waals surface area contributed by atoms with E-state index in [2.05, 4.69) is 11.4 Å². The summed E-state index contributed by atoms with van der Waals surface area (Å²) in [5.41, 5.74) is 3.97. The minimum absolute atomic E-state index is 0.0438. The molecule has 0 fully saturated rings. The first kappa shape index (κ1) is 28.0. The van der Waals surface area contributed by atoms with E-state index in [0.29, 0.717) is 16.9 Å². The van der Waals surface area contributed by atoms with E-state index in [1.807, 2.05) is 48.5 Å². The Labute approximate surface area is 254 Å². The van der Waals surface area contributed by atoms with E-state index in [-0.39, 0.29) is 43.3 Å². The average molecular weight is 638 g/mol. The largest absolute Gasteiger partial charge is 0.496 e. The number of hydrogen-bond donors (Lipinski definition) is 1. The number of carbonyl (C=O) groups is 1. The molecule has 0 radical (unpaired) electrons. The van der Waals surface area contributed by atoms with Gasteiger partial charge in [0.05, 0.1) is 33.6 Å². The number of ketones is 1. The Kier molecular flexibility index (Phi) is 8.57. The predicted molar refractivity (Wildman–Crippen MR) is 162 cm³/mol. The number of rotatable bonds is 7. The molecule has 4 aromatic rings. The fourth-order valence-corrected chi connectivity index (χ4v) is 6.14. The number of fused-ring (bicyclic) bond motifs is 2. The van der Waals surface area contributed by atoms with Gasteiger partial charge in [0.2, 0.25) is 0 Å². The molecular weight excluding hydrogens is 620 g/mol. The average Bonchev–Trinajstić information content (AvgIpc) is 2.96. The molecule has 0 spiro atoms. The van der Waals surface area contributed by atoms with Gasteiger partial charge in [-0.15, -0.1) is 0 Å². The highest BCUT2D eigenvalue weighted by Crippen LogP contribution is 2.48. The third-order valence-electron chi connectivity index (χ3n) is 5.91. The Morgan fingerprint density at radius 3 is 2.28 bits per heavy atom. The van der Waals surface area contributed by atoms with Crippen molar-refractivity contribution in [1.29, 1.82) is 0 Å². The molecule has 0 atom stereocenters. The number of halogens is 5. The molecule has 39 heavy (non-hydrogen) atoms. The van der Waals surface area contributed by atoms with Gasteiger partial charge in [-0.3, -0.25) is 4.79 Å². The normalized spacial score (nSPS) is 12.1. The van der Waals surface area contributed by atoms with Gasteiger partial charge >= 0.3 is 0 Å². The van der Waals surface area contributed by atoms with Crippen molar-refractivity contribution in [2.45, 2.75) is 16.4 Å². The van der Waals surface area contributed by atoms with Crippen molar-refractivity contribution in [3.8, 4) is 11.5 Å². The van der Waals surface area contributed by atoms with E-state index in [0.717, 1.165) is 26.7 Å². The van der Waals surface area contributed by atoms with Gasteiger partial charge in [0, 0.05) is 20.9 Å². The molecule has 4 aromatic carbocycles. The topological polar surface area (TPSA) is 47.6 Å². The van der Waals surface area contributed by atoms with Gasteiger partial charge in [-0.1, -0.05) is 94.0 Å². The number of nitrogens with one attached hydrogen (secondary N) is 1. The van der Waals surface area contributed by atoms with Crippen LogP contribution in [0.25, 0.3) is 6.08 Å². The van der Waals surface area contributed by atoms with Crippen molar-refractivity contribution in [2.24, 2.45) is 0 Å². The summed E-state index contributed by atoms with van der Waals surface area (Å²) < 4.78 is 11.3. The lowest BCUT2D eigenvalue weighted by atomic mass is 10.1. The van der Waals surface area contributed by atoms with E-state index >= 15 is 0 Å². The van der Waals surface area contributed by atoms with Crippen LogP contribution < -0.4 is 14.8 Å². The maximum absolute atomic E-state index is 13.0. The lowest BCUT2D eigenvalue weighted by Gasteiger charge is -2.20. The Bertz CT molecular complexity index is 1610. The molecular formula is C29H18Cl5NO3S. The first-order valence-corrected chi connectivity index (χ1v) is 14.2. The summed E-state index contributed by atoms with van der Waals surface area (Å²) in [5.74, 6) is 0.564. The van der Waals surface area contributed by atoms with E-state index < -0.39 is 0 Å². The molecule has 4 nitrogen and oxygen atoms in total. The number of allylic oxidation sites excluding steroid dienone is 1. The zero-order chi connectivity index (χ0) is 27.7. The summed E-state index contributed by atoms with van der Waals surface area (Å²) in [6.07, 6.45) is 3.27. The van der Waals surface area contributed by atoms with Crippen molar-refractivity contribution in [1.82, 2.24) is 0 Å². The number of methoxy groups -OCH3 is 1. The van der Waals surface area contributed by atoms with Gasteiger partial charge in [-0.2, -0.15) is 0 Å². The molecule has 10 heteroatoms. The number of benzene rings is 4. The van der Waals surface area contributed by atoms with E-state index in [4.69, 9.17) is 67.5 Å². The van der Waals surface area contributed by atoms with Crippen LogP contribution in [-0.2, 0) is 6.61 Å². The molecule has 1 N–H and O–H groups in total. The zero-order valence-electron chi connectivity index (χ0n) is 20.2. The fourth-order valence-electron chi connectivity index (χ4n) is 3.94. The Hall–Kier alpha value is -2.51. The van der Waals surface area contributed by atoms with Crippen molar-refractivity contribution >= 4 is 93.0 Å². The summed E-state index contributed by atoms with van der Waals surface area (Å²) in [4.78, 5) is 15.2. The molecule has 0 aliphatic carbocycles. The molecule has 0 saturated heterocycles. The minimum Gasteiger partial charge on any atom is -0.496 e. The number of carbonyl (C=O) groups excluding carboxylic acids is 1. The van der Waals surface area contributed by atoms with Crippen LogP contribution in [0.5, 0.6) is 11.5 Å². The van der Waals surface area contributed by atoms with Crippen molar-refractivity contribution in [3.63, 3.8) is 0 Å². The maximum atomic E-state index is 13.0. The third kappa shape index (κ3) is 5.85. The first-order chi connectivity index (χ1) is 18.8. The Morgan fingerprint density at radius 1 is 0.846 bits per heavy atom. The highest BCUT2D eigenvalue weighted by Gasteiger charge is 2.21. The summed E-state index contributed by atoms with van der Waals surface area (Å²) in [7, 11) is 1.55. The molecule has 0 unspecified atom stereocenters. The van der Waals surface area contributed by atoms with Crippen LogP contribution >= 0.6 is 69.8 Å². The van der Waals surface area contributed by atoms with Gasteiger partial charge in [0.1, 0.15) is 22.4 Å². The van der Waals surface area contributed by atoms with Gasteiger partial charge < -0.3 is 14.8 Å². The first-order valence-electron chi connectivity index (χ1n) is 11.5. The smallest absolute Gasteiger partial charge is 0.185 e. The molecule has 1 aliphatic rings. The standard InChI is InChI=1S/C29H18Cl5NO3S/c1-37-21-10-7-15(12-17(21)14-38-29-27(33)25(31)24(30)26(32)28(29)34)6-9-20(36)16-8-11-23-19(13-16)35-18-4-2-3-5-22(18)39-23/h2-13,35H,14H2,1H3/b9-6+. The van der Waals surface area contributed by atoms with Gasteiger partial charge in [-0.25, -0.2) is 0 Å². The predicted octanol–water partition coefficient (Wildman–Crippen LogP) is 10.6. The maximum Gasteiger partial charge on any atom is 0.185 e. The van der Waals surface area contributed by atoms with Crippen LogP contribution in [0.4, 0.5) is 11.4 Å². The second-order valence-corrected chi connectivity index (χ2v) is 11.4. The number of hydrogen-bond acceptors (Lipinski definition) is 5. The molecule has 0 bridgehead atoms. The Balaban J connectivity index is 1.33. The van der Waals surface area contributed by atoms with Gasteiger partial charge in [0.15, 0.2) is 11.5 Å². The minimum atomic E-state index is -0.124. The van der Waals surface area contributed by atoms with Crippen LogP contribution in [0.15, 0.2) is 76.5 Å². The molecule has 0 amide bonds. The SMILES string of the molecule is COc1ccc(/C=C/C(=O)c2ccc3c(c2)Nc2ccccc2S3)cc1COc1c(Cl)c(Cl)c(Cl)c(Cl)c1Cl. The van der Waals surface area contributed by atoms with E-state index in [9.17, 15) is 4.79 Å². The van der Waals surface area contributed by atoms with Crippen molar-refractivity contribution in [2.75, 3.05) is 12.4 Å². The molecule has 198 valence electrons. The van der Waals surface area contributed by atoms with E-state index in [1.165, 1.54) is 6.08 Å². The quantitative estimate of drug-likeness (QED) is 0.0833. The van der Waals surface area contributed by atoms with Crippen molar-refractivity contribution in [3.05, 3.63) is 109 Å². The van der Waals surface area contributed by atoms with Crippen LogP contribution in [0.3, 0.4) is 0 Å². The highest BCUT2D eigenvalue weighted by atomic mass is 35.5. The summed E-state index contributed by atoms with van der Waals surface area (Å²) in [5, 5.41) is 3.66. The number of ether oxygens (including phenoxy) is 2. The molecule has 1 aliphatic heterocycles. The van der Waals surface area contributed by atoms with Crippen LogP contribution in [-0.4, -0.2) is 12.9 Å². The molecule has 0 aromatic heterocycles. The van der Waals surface area contributed by atoms with Gasteiger partial charge in [0.25, 0.3) is 0 Å². The van der Waals surface area contributed by atoms with E-state index in [1.54, 1.807) is 31.0 Å². The summed E-state index contributed by atoms with van der Waals surface area (Å²) in [6, 6.07) is 19.2. The monoisotopic (exact) mass is 635 g/mol. The summed E-state index contributed by atoms with van der Waals surface area (Å²) >= 11 is 32.6. The molecule has 1 heterocycles. The Morgan fingerprint density at radius 2 is 1.54 bits per heavy atom. The summed E-state index contributed by atoms with van der Waals surface area (Å²) in [6.45, 7) is 0.0438. The van der Waals surface area contributed by atoms with Crippen LogP contribution in [0, 0.1) is 0 Å². The lowest BCUT2D eigenvalue weighted by molar-refractivity contribution is 0.104. The van der Waals surface area contributed by atoms with Crippen LogP contribution in [0.2, 0.25) is 25.1 Å². The molecule has 0 saturated carbocycles.